The summed E-state index contributed by atoms with van der Waals surface area (Å²) in [5.41, 5.74) is 0.432. The van der Waals surface area contributed by atoms with E-state index in [2.05, 4.69) is 5.32 Å². The van der Waals surface area contributed by atoms with Crippen LogP contribution in [0.25, 0.3) is 11.0 Å². The third-order valence-electron chi connectivity index (χ3n) is 3.38. The summed E-state index contributed by atoms with van der Waals surface area (Å²) in [5, 5.41) is 4.13. The minimum Gasteiger partial charge on any atom is -0.457 e. The summed E-state index contributed by atoms with van der Waals surface area (Å²) in [7, 11) is 1.62. The fourth-order valence-electron chi connectivity index (χ4n) is 2.41. The summed E-state index contributed by atoms with van der Waals surface area (Å²) in [6.07, 6.45) is 0. The molecule has 0 saturated carbocycles. The molecule has 3 aromatic rings. The van der Waals surface area contributed by atoms with Gasteiger partial charge in [-0.1, -0.05) is 29.8 Å². The van der Waals surface area contributed by atoms with Crippen molar-refractivity contribution in [3.63, 3.8) is 0 Å². The molecule has 0 aliphatic heterocycles. The number of benzene rings is 2. The van der Waals surface area contributed by atoms with Crippen molar-refractivity contribution in [2.24, 2.45) is 0 Å². The molecule has 108 valence electrons. The van der Waals surface area contributed by atoms with Gasteiger partial charge in [0.05, 0.1) is 11.1 Å². The molecule has 0 radical (unpaired) electrons. The number of hydrogen-bond acceptors (Lipinski definition) is 2. The van der Waals surface area contributed by atoms with E-state index in [0.717, 1.165) is 5.39 Å². The van der Waals surface area contributed by atoms with Crippen molar-refractivity contribution in [1.82, 2.24) is 5.32 Å². The number of fused-ring (bicyclic) bond motifs is 1. The number of rotatable bonds is 3. The second kappa shape index (κ2) is 5.47. The topological polar surface area (TPSA) is 25.2 Å². The summed E-state index contributed by atoms with van der Waals surface area (Å²) >= 11 is 6.06. The number of furan rings is 1. The molecule has 1 heterocycles. The Labute approximate surface area is 125 Å². The second-order valence-corrected chi connectivity index (χ2v) is 5.07. The molecule has 1 atom stereocenters. The van der Waals surface area contributed by atoms with Gasteiger partial charge in [0.2, 0.25) is 0 Å². The van der Waals surface area contributed by atoms with Crippen LogP contribution >= 0.6 is 11.6 Å². The zero-order valence-electron chi connectivity index (χ0n) is 11.2. The predicted molar refractivity (Wildman–Crippen MR) is 78.5 cm³/mol. The minimum absolute atomic E-state index is 0.0739. The van der Waals surface area contributed by atoms with Crippen LogP contribution in [0, 0.1) is 11.6 Å². The van der Waals surface area contributed by atoms with Gasteiger partial charge in [0, 0.05) is 10.9 Å². The fourth-order valence-corrected chi connectivity index (χ4v) is 2.63. The molecule has 2 aromatic carbocycles. The smallest absolute Gasteiger partial charge is 0.152 e. The van der Waals surface area contributed by atoms with Crippen LogP contribution in [0.2, 0.25) is 5.02 Å². The van der Waals surface area contributed by atoms with Crippen LogP contribution in [0.4, 0.5) is 8.78 Å². The van der Waals surface area contributed by atoms with E-state index < -0.39 is 17.7 Å². The Morgan fingerprint density at radius 3 is 2.38 bits per heavy atom. The quantitative estimate of drug-likeness (QED) is 0.760. The van der Waals surface area contributed by atoms with E-state index in [1.807, 2.05) is 6.07 Å². The van der Waals surface area contributed by atoms with Gasteiger partial charge < -0.3 is 9.73 Å². The summed E-state index contributed by atoms with van der Waals surface area (Å²) < 4.78 is 33.6. The number of halogens is 3. The maximum absolute atomic E-state index is 14.0. The third-order valence-corrected chi connectivity index (χ3v) is 3.67. The van der Waals surface area contributed by atoms with Gasteiger partial charge in [-0.15, -0.1) is 0 Å². The Balaban J connectivity index is 2.16. The number of para-hydroxylation sites is 1. The highest BCUT2D eigenvalue weighted by atomic mass is 35.5. The summed E-state index contributed by atoms with van der Waals surface area (Å²) in [6, 6.07) is 10.1. The molecule has 0 saturated heterocycles. The Kier molecular flexibility index (Phi) is 3.66. The Morgan fingerprint density at radius 1 is 1.10 bits per heavy atom. The molecular formula is C16H12ClF2NO. The minimum atomic E-state index is -0.727. The number of nitrogens with one attached hydrogen (secondary N) is 1. The molecule has 3 rings (SSSR count). The first kappa shape index (κ1) is 14.0. The highest BCUT2D eigenvalue weighted by molar-refractivity contribution is 6.34. The van der Waals surface area contributed by atoms with Gasteiger partial charge >= 0.3 is 0 Å². The van der Waals surface area contributed by atoms with Crippen molar-refractivity contribution in [2.75, 3.05) is 7.05 Å². The van der Waals surface area contributed by atoms with Crippen molar-refractivity contribution >= 4 is 22.6 Å². The van der Waals surface area contributed by atoms with Gasteiger partial charge in [-0.2, -0.15) is 0 Å². The van der Waals surface area contributed by atoms with Crippen LogP contribution < -0.4 is 5.32 Å². The van der Waals surface area contributed by atoms with Gasteiger partial charge in [-0.3, -0.25) is 0 Å². The molecule has 1 N–H and O–H groups in total. The molecule has 0 fully saturated rings. The van der Waals surface area contributed by atoms with Crippen LogP contribution in [-0.2, 0) is 0 Å². The van der Waals surface area contributed by atoms with Crippen LogP contribution in [-0.4, -0.2) is 7.05 Å². The van der Waals surface area contributed by atoms with Crippen molar-refractivity contribution < 1.29 is 13.2 Å². The van der Waals surface area contributed by atoms with Crippen LogP contribution in [0.3, 0.4) is 0 Å². The summed E-state index contributed by atoms with van der Waals surface area (Å²) in [5.74, 6) is -0.841. The van der Waals surface area contributed by atoms with Crippen molar-refractivity contribution in [3.05, 3.63) is 70.4 Å². The first-order valence-electron chi connectivity index (χ1n) is 6.41. The molecule has 2 nitrogen and oxygen atoms in total. The Hall–Kier alpha value is -1.91. The molecule has 0 aliphatic rings. The second-order valence-electron chi connectivity index (χ2n) is 4.66. The predicted octanol–water partition coefficient (Wildman–Crippen LogP) is 4.67. The lowest BCUT2D eigenvalue weighted by molar-refractivity contribution is 0.456. The van der Waals surface area contributed by atoms with Crippen LogP contribution in [0.5, 0.6) is 0 Å². The standard InChI is InChI=1S/C16H12ClF2NO/c1-20-15(14-11(18)6-3-7-12(14)19)13-8-9-4-2-5-10(17)16(9)21-13/h2-8,15,20H,1H3. The normalized spacial score (nSPS) is 12.8. The van der Waals surface area contributed by atoms with E-state index >= 15 is 0 Å². The van der Waals surface area contributed by atoms with Crippen molar-refractivity contribution in [3.8, 4) is 0 Å². The summed E-state index contributed by atoms with van der Waals surface area (Å²) in [4.78, 5) is 0. The first-order valence-corrected chi connectivity index (χ1v) is 6.78. The lowest BCUT2D eigenvalue weighted by atomic mass is 10.0. The molecule has 0 bridgehead atoms. The van der Waals surface area contributed by atoms with Gasteiger partial charge in [0.25, 0.3) is 0 Å². The first-order chi connectivity index (χ1) is 10.1. The molecule has 1 unspecified atom stereocenters. The molecule has 0 aliphatic carbocycles. The monoisotopic (exact) mass is 307 g/mol. The van der Waals surface area contributed by atoms with E-state index in [1.54, 1.807) is 25.2 Å². The SMILES string of the molecule is CNC(c1cc2cccc(Cl)c2o1)c1c(F)cccc1F. The zero-order valence-corrected chi connectivity index (χ0v) is 11.9. The third kappa shape index (κ3) is 2.41. The lowest BCUT2D eigenvalue weighted by Crippen LogP contribution is -2.19. The van der Waals surface area contributed by atoms with Gasteiger partial charge in [0.15, 0.2) is 5.58 Å². The van der Waals surface area contributed by atoms with Gasteiger partial charge in [-0.25, -0.2) is 8.78 Å². The van der Waals surface area contributed by atoms with E-state index in [0.29, 0.717) is 16.4 Å². The van der Waals surface area contributed by atoms with Crippen molar-refractivity contribution in [2.45, 2.75) is 6.04 Å². The fraction of sp³-hybridized carbons (Fsp3) is 0.125. The molecule has 1 aromatic heterocycles. The average Bonchev–Trinajstić information content (AvgIpc) is 2.88. The highest BCUT2D eigenvalue weighted by Crippen LogP contribution is 2.33. The largest absolute Gasteiger partial charge is 0.457 e. The van der Waals surface area contributed by atoms with E-state index in [4.69, 9.17) is 16.0 Å². The zero-order chi connectivity index (χ0) is 15.0. The Bertz CT molecular complexity index is 780. The van der Waals surface area contributed by atoms with E-state index in [-0.39, 0.29) is 5.56 Å². The number of hydrogen-bond donors (Lipinski definition) is 1. The maximum Gasteiger partial charge on any atom is 0.152 e. The Morgan fingerprint density at radius 2 is 1.76 bits per heavy atom. The average molecular weight is 308 g/mol. The van der Waals surface area contributed by atoms with Crippen LogP contribution in [0.15, 0.2) is 46.9 Å². The highest BCUT2D eigenvalue weighted by Gasteiger charge is 2.24. The molecule has 0 amide bonds. The van der Waals surface area contributed by atoms with E-state index in [1.165, 1.54) is 18.2 Å². The molecule has 21 heavy (non-hydrogen) atoms. The molecule has 5 heteroatoms. The van der Waals surface area contributed by atoms with E-state index in [9.17, 15) is 8.78 Å². The lowest BCUT2D eigenvalue weighted by Gasteiger charge is -2.15. The van der Waals surface area contributed by atoms with Crippen LogP contribution in [0.1, 0.15) is 17.4 Å². The van der Waals surface area contributed by atoms with Gasteiger partial charge in [-0.05, 0) is 31.3 Å². The van der Waals surface area contributed by atoms with Gasteiger partial charge in [0.1, 0.15) is 17.4 Å². The maximum atomic E-state index is 14.0. The molecular weight excluding hydrogens is 296 g/mol. The summed E-state index contributed by atoms with van der Waals surface area (Å²) in [6.45, 7) is 0. The molecule has 0 spiro atoms. The van der Waals surface area contributed by atoms with Crippen molar-refractivity contribution in [1.29, 1.82) is 0 Å².